The van der Waals surface area contributed by atoms with Gasteiger partial charge >= 0.3 is 0 Å². The summed E-state index contributed by atoms with van der Waals surface area (Å²) in [6.07, 6.45) is 0. The summed E-state index contributed by atoms with van der Waals surface area (Å²) in [4.78, 5) is 7.84. The SMILES string of the molecule is CN(C)C(=S)N(C)CCOCCN(C)C(=S)N(C)C. The van der Waals surface area contributed by atoms with Gasteiger partial charge in [0.15, 0.2) is 10.2 Å². The van der Waals surface area contributed by atoms with Crippen LogP contribution in [-0.2, 0) is 4.74 Å². The Hall–Kier alpha value is -0.660. The highest BCUT2D eigenvalue weighted by atomic mass is 32.1. The van der Waals surface area contributed by atoms with Gasteiger partial charge in [0, 0.05) is 55.4 Å². The molecule has 0 N–H and O–H groups in total. The summed E-state index contributed by atoms with van der Waals surface area (Å²) < 4.78 is 5.60. The molecule has 112 valence electrons. The average molecular weight is 307 g/mol. The Bertz CT molecular complexity index is 269. The van der Waals surface area contributed by atoms with Crippen LogP contribution in [0.1, 0.15) is 0 Å². The zero-order valence-corrected chi connectivity index (χ0v) is 14.5. The van der Waals surface area contributed by atoms with E-state index in [-0.39, 0.29) is 0 Å². The molecule has 0 heterocycles. The van der Waals surface area contributed by atoms with Gasteiger partial charge in [-0.15, -0.1) is 0 Å². The standard InChI is InChI=1S/C12H26N4OS2/c1-13(2)11(18)15(5)7-9-17-10-8-16(6)12(19)14(3)4/h7-10H2,1-6H3. The predicted molar refractivity (Wildman–Crippen MR) is 88.6 cm³/mol. The molecular weight excluding hydrogens is 280 g/mol. The topological polar surface area (TPSA) is 22.2 Å². The van der Waals surface area contributed by atoms with E-state index in [2.05, 4.69) is 0 Å². The van der Waals surface area contributed by atoms with Crippen LogP contribution >= 0.6 is 24.4 Å². The Morgan fingerprint density at radius 3 is 1.32 bits per heavy atom. The van der Waals surface area contributed by atoms with Gasteiger partial charge in [-0.25, -0.2) is 0 Å². The molecular formula is C12H26N4OS2. The van der Waals surface area contributed by atoms with Crippen LogP contribution in [0.2, 0.25) is 0 Å². The molecule has 0 amide bonds. The number of thiocarbonyl (C=S) groups is 2. The molecule has 0 spiro atoms. The summed E-state index contributed by atoms with van der Waals surface area (Å²) in [5.41, 5.74) is 0. The lowest BCUT2D eigenvalue weighted by atomic mass is 10.5. The fourth-order valence-electron chi connectivity index (χ4n) is 1.38. The third-order valence-corrected chi connectivity index (χ3v) is 3.91. The Morgan fingerprint density at radius 2 is 1.05 bits per heavy atom. The highest BCUT2D eigenvalue weighted by Gasteiger charge is 2.07. The maximum atomic E-state index is 5.60. The molecule has 0 fully saturated rings. The zero-order chi connectivity index (χ0) is 15.0. The minimum atomic E-state index is 0.660. The number of hydrogen-bond acceptors (Lipinski definition) is 3. The number of ether oxygens (including phenoxy) is 1. The van der Waals surface area contributed by atoms with Gasteiger partial charge in [-0.2, -0.15) is 0 Å². The Balaban J connectivity index is 3.71. The summed E-state index contributed by atoms with van der Waals surface area (Å²) in [5.74, 6) is 0. The second-order valence-corrected chi connectivity index (χ2v) is 5.54. The second-order valence-electron chi connectivity index (χ2n) is 4.81. The Morgan fingerprint density at radius 1 is 0.737 bits per heavy atom. The van der Waals surface area contributed by atoms with E-state index in [0.29, 0.717) is 13.2 Å². The summed E-state index contributed by atoms with van der Waals surface area (Å²) in [6, 6.07) is 0. The van der Waals surface area contributed by atoms with Gasteiger partial charge < -0.3 is 24.3 Å². The van der Waals surface area contributed by atoms with Crippen LogP contribution in [0.25, 0.3) is 0 Å². The van der Waals surface area contributed by atoms with Crippen LogP contribution < -0.4 is 0 Å². The molecule has 0 bridgehead atoms. The smallest absolute Gasteiger partial charge is 0.170 e. The van der Waals surface area contributed by atoms with E-state index in [9.17, 15) is 0 Å². The zero-order valence-electron chi connectivity index (χ0n) is 12.8. The van der Waals surface area contributed by atoms with Crippen LogP contribution in [-0.4, -0.2) is 98.4 Å². The van der Waals surface area contributed by atoms with Crippen molar-refractivity contribution >= 4 is 34.7 Å². The van der Waals surface area contributed by atoms with E-state index in [1.807, 2.05) is 61.9 Å². The maximum Gasteiger partial charge on any atom is 0.170 e. The van der Waals surface area contributed by atoms with Crippen molar-refractivity contribution in [1.82, 2.24) is 19.6 Å². The van der Waals surface area contributed by atoms with Crippen molar-refractivity contribution < 1.29 is 4.74 Å². The fraction of sp³-hybridized carbons (Fsp3) is 0.833. The van der Waals surface area contributed by atoms with E-state index in [1.165, 1.54) is 0 Å². The molecule has 5 nitrogen and oxygen atoms in total. The van der Waals surface area contributed by atoms with Crippen LogP contribution in [0.15, 0.2) is 0 Å². The van der Waals surface area contributed by atoms with Crippen molar-refractivity contribution in [1.29, 1.82) is 0 Å². The fourth-order valence-corrected chi connectivity index (χ4v) is 1.56. The van der Waals surface area contributed by atoms with Gasteiger partial charge in [0.1, 0.15) is 0 Å². The third-order valence-electron chi connectivity index (χ3n) is 2.56. The number of hydrogen-bond donors (Lipinski definition) is 0. The van der Waals surface area contributed by atoms with Crippen molar-refractivity contribution in [2.24, 2.45) is 0 Å². The van der Waals surface area contributed by atoms with E-state index >= 15 is 0 Å². The van der Waals surface area contributed by atoms with Gasteiger partial charge in [-0.1, -0.05) is 0 Å². The van der Waals surface area contributed by atoms with E-state index in [0.717, 1.165) is 23.3 Å². The van der Waals surface area contributed by atoms with Gasteiger partial charge in [0.25, 0.3) is 0 Å². The number of nitrogens with zero attached hydrogens (tertiary/aromatic N) is 4. The highest BCUT2D eigenvalue weighted by molar-refractivity contribution is 7.80. The van der Waals surface area contributed by atoms with Crippen LogP contribution in [0.5, 0.6) is 0 Å². The number of rotatable bonds is 6. The highest BCUT2D eigenvalue weighted by Crippen LogP contribution is 1.94. The van der Waals surface area contributed by atoms with Crippen molar-refractivity contribution in [2.45, 2.75) is 0 Å². The molecule has 0 aliphatic heterocycles. The van der Waals surface area contributed by atoms with Crippen molar-refractivity contribution in [3.05, 3.63) is 0 Å². The molecule has 0 unspecified atom stereocenters. The lowest BCUT2D eigenvalue weighted by Gasteiger charge is -2.26. The second kappa shape index (κ2) is 9.28. The summed E-state index contributed by atoms with van der Waals surface area (Å²) in [6.45, 7) is 2.90. The van der Waals surface area contributed by atoms with Gasteiger partial charge in [-0.3, -0.25) is 0 Å². The predicted octanol–water partition coefficient (Wildman–Crippen LogP) is 0.560. The van der Waals surface area contributed by atoms with E-state index in [1.54, 1.807) is 0 Å². The monoisotopic (exact) mass is 306 g/mol. The van der Waals surface area contributed by atoms with Gasteiger partial charge in [0.2, 0.25) is 0 Å². The molecule has 0 aliphatic carbocycles. The molecule has 7 heteroatoms. The molecule has 0 radical (unpaired) electrons. The van der Waals surface area contributed by atoms with Crippen molar-refractivity contribution in [3.8, 4) is 0 Å². The third kappa shape index (κ3) is 7.49. The Kier molecular flexibility index (Phi) is 8.95. The first-order valence-electron chi connectivity index (χ1n) is 6.20. The van der Waals surface area contributed by atoms with E-state index in [4.69, 9.17) is 29.2 Å². The van der Waals surface area contributed by atoms with Crippen LogP contribution in [0, 0.1) is 0 Å². The normalized spacial score (nSPS) is 10.0. The summed E-state index contributed by atoms with van der Waals surface area (Å²) >= 11 is 10.5. The minimum Gasteiger partial charge on any atom is -0.378 e. The molecule has 0 aromatic rings. The lowest BCUT2D eigenvalue weighted by Crippen LogP contribution is -2.39. The minimum absolute atomic E-state index is 0.660. The average Bonchev–Trinajstić information content (AvgIpc) is 2.35. The molecule has 0 saturated carbocycles. The number of likely N-dealkylation sites (N-methyl/N-ethyl adjacent to an activating group) is 2. The van der Waals surface area contributed by atoms with Gasteiger partial charge in [0.05, 0.1) is 13.2 Å². The molecule has 0 saturated heterocycles. The first-order chi connectivity index (χ1) is 8.77. The molecule has 19 heavy (non-hydrogen) atoms. The van der Waals surface area contributed by atoms with Crippen LogP contribution in [0.4, 0.5) is 0 Å². The van der Waals surface area contributed by atoms with Crippen molar-refractivity contribution in [2.75, 3.05) is 68.6 Å². The summed E-state index contributed by atoms with van der Waals surface area (Å²) in [7, 11) is 11.7. The first-order valence-corrected chi connectivity index (χ1v) is 7.01. The molecule has 0 aliphatic rings. The summed E-state index contributed by atoms with van der Waals surface area (Å²) in [5, 5.41) is 1.63. The maximum absolute atomic E-state index is 5.60. The molecule has 0 aromatic carbocycles. The quantitative estimate of drug-likeness (QED) is 0.522. The molecule has 0 aromatic heterocycles. The molecule has 0 rings (SSSR count). The van der Waals surface area contributed by atoms with Crippen molar-refractivity contribution in [3.63, 3.8) is 0 Å². The van der Waals surface area contributed by atoms with Gasteiger partial charge in [-0.05, 0) is 24.4 Å². The van der Waals surface area contributed by atoms with Crippen LogP contribution in [0.3, 0.4) is 0 Å². The lowest BCUT2D eigenvalue weighted by molar-refractivity contribution is 0.114. The molecule has 0 atom stereocenters. The Labute approximate surface area is 128 Å². The largest absolute Gasteiger partial charge is 0.378 e. The van der Waals surface area contributed by atoms with E-state index < -0.39 is 0 Å². The first kappa shape index (κ1) is 18.3.